The molecule has 1 heterocycles. The predicted molar refractivity (Wildman–Crippen MR) is 126 cm³/mol. The van der Waals surface area contributed by atoms with Gasteiger partial charge >= 0.3 is 0 Å². The first-order valence-corrected chi connectivity index (χ1v) is 12.7. The molecule has 0 aliphatic rings. The highest BCUT2D eigenvalue weighted by molar-refractivity contribution is 7.90. The molecule has 0 bridgehead atoms. The lowest BCUT2D eigenvalue weighted by atomic mass is 9.92. The van der Waals surface area contributed by atoms with Crippen LogP contribution in [-0.4, -0.2) is 31.3 Å². The number of hydrogen-bond acceptors (Lipinski definition) is 3. The maximum Gasteiger partial charge on any atom is 0.253 e. The highest BCUT2D eigenvalue weighted by Crippen LogP contribution is 2.37. The Balaban J connectivity index is 2.11. The van der Waals surface area contributed by atoms with Gasteiger partial charge in [0.15, 0.2) is 0 Å². The van der Waals surface area contributed by atoms with Gasteiger partial charge in [0.2, 0.25) is 0 Å². The molecule has 0 unspecified atom stereocenters. The summed E-state index contributed by atoms with van der Waals surface area (Å²) in [6.45, 7) is 5.18. The second kappa shape index (κ2) is 9.65. The lowest BCUT2D eigenvalue weighted by Crippen LogP contribution is -2.33. The van der Waals surface area contributed by atoms with E-state index in [1.807, 2.05) is 13.8 Å². The third-order valence-electron chi connectivity index (χ3n) is 5.36. The maximum atomic E-state index is 14.9. The molecular formula is C24H25ClF2N2O3S. The van der Waals surface area contributed by atoms with E-state index in [4.69, 9.17) is 11.6 Å². The van der Waals surface area contributed by atoms with E-state index in [2.05, 4.69) is 10.3 Å². The molecule has 0 fully saturated rings. The van der Waals surface area contributed by atoms with Gasteiger partial charge in [0, 0.05) is 34.3 Å². The molecule has 9 heteroatoms. The monoisotopic (exact) mass is 494 g/mol. The molecule has 0 saturated carbocycles. The molecule has 2 aromatic carbocycles. The van der Waals surface area contributed by atoms with E-state index in [1.54, 1.807) is 24.3 Å². The van der Waals surface area contributed by atoms with Gasteiger partial charge in [-0.3, -0.25) is 4.79 Å². The smallest absolute Gasteiger partial charge is 0.253 e. The van der Waals surface area contributed by atoms with E-state index in [1.165, 1.54) is 13.1 Å². The molecule has 0 aliphatic heterocycles. The molecule has 0 radical (unpaired) electrons. The van der Waals surface area contributed by atoms with E-state index < -0.39 is 33.4 Å². The van der Waals surface area contributed by atoms with E-state index in [9.17, 15) is 22.0 Å². The summed E-state index contributed by atoms with van der Waals surface area (Å²) in [6, 6.07) is 7.70. The van der Waals surface area contributed by atoms with Gasteiger partial charge in [0.1, 0.15) is 21.5 Å². The summed E-state index contributed by atoms with van der Waals surface area (Å²) in [6.07, 6.45) is 2.50. The number of carbonyl (C=O) groups is 1. The summed E-state index contributed by atoms with van der Waals surface area (Å²) in [4.78, 5) is 16.4. The topological polar surface area (TPSA) is 79.0 Å². The van der Waals surface area contributed by atoms with Gasteiger partial charge in [-0.1, -0.05) is 37.6 Å². The third kappa shape index (κ3) is 5.62. The van der Waals surface area contributed by atoms with Crippen molar-refractivity contribution in [1.29, 1.82) is 0 Å². The van der Waals surface area contributed by atoms with Crippen molar-refractivity contribution in [3.63, 3.8) is 0 Å². The molecule has 33 heavy (non-hydrogen) atoms. The largest absolute Gasteiger partial charge is 0.363 e. The standard InChI is InChI=1S/C24H25ClF2N2O3S/c1-13(2)23-22(21-14(3)18(26)8-9-19(21)27)17(11-28-23)24(30)29-20(12-33(4,31)32)15-6-5-7-16(25)10-15/h5-11,13,20,28H,12H2,1-4H3,(H,29,30)/t20-/m0/s1. The van der Waals surface area contributed by atoms with Crippen LogP contribution in [0.5, 0.6) is 0 Å². The molecule has 5 nitrogen and oxygen atoms in total. The summed E-state index contributed by atoms with van der Waals surface area (Å²) >= 11 is 6.06. The Labute approximate surface area is 197 Å². The average molecular weight is 495 g/mol. The van der Waals surface area contributed by atoms with E-state index in [-0.39, 0.29) is 33.9 Å². The quantitative estimate of drug-likeness (QED) is 0.451. The van der Waals surface area contributed by atoms with Gasteiger partial charge in [-0.15, -0.1) is 0 Å². The molecular weight excluding hydrogens is 470 g/mol. The summed E-state index contributed by atoms with van der Waals surface area (Å²) in [5, 5.41) is 3.13. The number of hydrogen-bond donors (Lipinski definition) is 2. The Morgan fingerprint density at radius 1 is 1.12 bits per heavy atom. The number of carbonyl (C=O) groups excluding carboxylic acids is 1. The van der Waals surface area contributed by atoms with Crippen molar-refractivity contribution in [3.05, 3.63) is 81.6 Å². The van der Waals surface area contributed by atoms with Crippen LogP contribution >= 0.6 is 11.6 Å². The Kier molecular flexibility index (Phi) is 7.29. The molecule has 0 saturated heterocycles. The SMILES string of the molecule is Cc1c(F)ccc(F)c1-c1c(C(=O)N[C@@H](CS(C)(=O)=O)c2cccc(Cl)c2)c[nH]c1C(C)C. The number of H-pyrrole nitrogens is 1. The van der Waals surface area contributed by atoms with Gasteiger partial charge in [0.05, 0.1) is 17.4 Å². The summed E-state index contributed by atoms with van der Waals surface area (Å²) < 4.78 is 53.3. The van der Waals surface area contributed by atoms with Crippen LogP contribution in [-0.2, 0) is 9.84 Å². The minimum Gasteiger partial charge on any atom is -0.363 e. The number of halogens is 3. The fourth-order valence-corrected chi connectivity index (χ4v) is 4.87. The second-order valence-corrected chi connectivity index (χ2v) is 11.0. The summed E-state index contributed by atoms with van der Waals surface area (Å²) in [5.74, 6) is -2.36. The number of rotatable bonds is 7. The molecule has 1 aromatic heterocycles. The first-order valence-electron chi connectivity index (χ1n) is 10.3. The fourth-order valence-electron chi connectivity index (χ4n) is 3.79. The van der Waals surface area contributed by atoms with Crippen LogP contribution in [0.2, 0.25) is 5.02 Å². The minimum atomic E-state index is -3.48. The van der Waals surface area contributed by atoms with Crippen molar-refractivity contribution in [2.75, 3.05) is 12.0 Å². The second-order valence-electron chi connectivity index (χ2n) is 8.35. The number of aromatic nitrogens is 1. The van der Waals surface area contributed by atoms with Crippen LogP contribution in [0.3, 0.4) is 0 Å². The Morgan fingerprint density at radius 2 is 1.79 bits per heavy atom. The Hall–Kier alpha value is -2.71. The zero-order valence-electron chi connectivity index (χ0n) is 18.7. The number of sulfone groups is 1. The highest BCUT2D eigenvalue weighted by Gasteiger charge is 2.28. The molecule has 1 atom stereocenters. The molecule has 0 spiro atoms. The number of aromatic amines is 1. The van der Waals surface area contributed by atoms with Crippen molar-refractivity contribution in [2.24, 2.45) is 0 Å². The molecule has 0 aliphatic carbocycles. The van der Waals surface area contributed by atoms with Crippen LogP contribution in [0.4, 0.5) is 8.78 Å². The van der Waals surface area contributed by atoms with Crippen molar-refractivity contribution < 1.29 is 22.0 Å². The number of nitrogens with one attached hydrogen (secondary N) is 2. The van der Waals surface area contributed by atoms with Crippen LogP contribution in [0.15, 0.2) is 42.6 Å². The lowest BCUT2D eigenvalue weighted by molar-refractivity contribution is 0.0941. The molecule has 3 rings (SSSR count). The third-order valence-corrected chi connectivity index (χ3v) is 6.53. The van der Waals surface area contributed by atoms with Crippen molar-refractivity contribution in [3.8, 4) is 11.1 Å². The zero-order chi connectivity index (χ0) is 24.5. The Bertz CT molecular complexity index is 1300. The van der Waals surface area contributed by atoms with Gasteiger partial charge in [-0.05, 0) is 48.2 Å². The van der Waals surface area contributed by atoms with Gasteiger partial charge < -0.3 is 10.3 Å². The van der Waals surface area contributed by atoms with Gasteiger partial charge in [0.25, 0.3) is 5.91 Å². The Morgan fingerprint density at radius 3 is 2.39 bits per heavy atom. The summed E-state index contributed by atoms with van der Waals surface area (Å²) in [7, 11) is -3.48. The average Bonchev–Trinajstić information content (AvgIpc) is 3.15. The van der Waals surface area contributed by atoms with Crippen LogP contribution in [0, 0.1) is 18.6 Å². The first-order chi connectivity index (χ1) is 15.4. The van der Waals surface area contributed by atoms with Crippen LogP contribution < -0.4 is 5.32 Å². The van der Waals surface area contributed by atoms with Crippen LogP contribution in [0.25, 0.3) is 11.1 Å². The first kappa shape index (κ1) is 24.9. The molecule has 176 valence electrons. The van der Waals surface area contributed by atoms with E-state index in [0.29, 0.717) is 16.3 Å². The predicted octanol–water partition coefficient (Wildman–Crippen LogP) is 5.56. The van der Waals surface area contributed by atoms with Crippen molar-refractivity contribution in [2.45, 2.75) is 32.7 Å². The fraction of sp³-hybridized carbons (Fsp3) is 0.292. The molecule has 1 amide bonds. The number of benzene rings is 2. The summed E-state index contributed by atoms with van der Waals surface area (Å²) in [5.41, 5.74) is 1.49. The van der Waals surface area contributed by atoms with Gasteiger partial charge in [-0.25, -0.2) is 17.2 Å². The molecule has 2 N–H and O–H groups in total. The van der Waals surface area contributed by atoms with E-state index in [0.717, 1.165) is 18.4 Å². The normalized spacial score (nSPS) is 12.7. The highest BCUT2D eigenvalue weighted by atomic mass is 35.5. The van der Waals surface area contributed by atoms with Crippen molar-refractivity contribution in [1.82, 2.24) is 10.3 Å². The van der Waals surface area contributed by atoms with Crippen LogP contribution in [0.1, 0.15) is 53.0 Å². The van der Waals surface area contributed by atoms with Gasteiger partial charge in [-0.2, -0.15) is 0 Å². The van der Waals surface area contributed by atoms with Crippen molar-refractivity contribution >= 4 is 27.3 Å². The number of amides is 1. The maximum absolute atomic E-state index is 14.9. The molecule has 3 aromatic rings. The lowest BCUT2D eigenvalue weighted by Gasteiger charge is -2.20. The minimum absolute atomic E-state index is 0.00693. The van der Waals surface area contributed by atoms with E-state index >= 15 is 0 Å². The zero-order valence-corrected chi connectivity index (χ0v) is 20.2.